The highest BCUT2D eigenvalue weighted by Crippen LogP contribution is 2.16. The Kier molecular flexibility index (Phi) is 3.00. The summed E-state index contributed by atoms with van der Waals surface area (Å²) < 4.78 is 5.39. The number of hydrogen-bond donors (Lipinski definition) is 0. The summed E-state index contributed by atoms with van der Waals surface area (Å²) in [5.74, 6) is 0. The maximum Gasteiger partial charge on any atom is 0.0836 e. The van der Waals surface area contributed by atoms with E-state index in [4.69, 9.17) is 4.74 Å². The van der Waals surface area contributed by atoms with E-state index in [1.165, 1.54) is 0 Å². The Morgan fingerprint density at radius 2 is 2.60 bits per heavy atom. The Morgan fingerprint density at radius 3 is 3.10 bits per heavy atom. The van der Waals surface area contributed by atoms with E-state index in [-0.39, 0.29) is 12.1 Å². The van der Waals surface area contributed by atoms with Crippen molar-refractivity contribution >= 4 is 17.4 Å². The van der Waals surface area contributed by atoms with E-state index in [1.54, 1.807) is 0 Å². The van der Waals surface area contributed by atoms with Gasteiger partial charge in [-0.1, -0.05) is 0 Å². The minimum Gasteiger partial charge on any atom is -0.376 e. The highest BCUT2D eigenvalue weighted by molar-refractivity contribution is 7.78. The summed E-state index contributed by atoms with van der Waals surface area (Å²) in [7, 11) is 0. The maximum absolute atomic E-state index is 5.39. The van der Waals surface area contributed by atoms with Gasteiger partial charge in [0.05, 0.1) is 17.3 Å². The van der Waals surface area contributed by atoms with Crippen LogP contribution in [0.15, 0.2) is 4.99 Å². The summed E-state index contributed by atoms with van der Waals surface area (Å²) >= 11 is 4.49. The molecule has 3 heteroatoms. The van der Waals surface area contributed by atoms with Crippen LogP contribution in [0.2, 0.25) is 0 Å². The van der Waals surface area contributed by atoms with Gasteiger partial charge in [-0.05, 0) is 32.0 Å². The Bertz CT molecular complexity index is 148. The lowest BCUT2D eigenvalue weighted by Gasteiger charge is -2.11. The molecule has 10 heavy (non-hydrogen) atoms. The van der Waals surface area contributed by atoms with Crippen molar-refractivity contribution in [2.24, 2.45) is 4.99 Å². The predicted octanol–water partition coefficient (Wildman–Crippen LogP) is 1.66. The smallest absolute Gasteiger partial charge is 0.0836 e. The lowest BCUT2D eigenvalue weighted by atomic mass is 10.1. The molecule has 0 aromatic carbocycles. The maximum atomic E-state index is 5.39. The molecule has 0 amide bonds. The first-order valence-corrected chi connectivity index (χ1v) is 3.94. The fourth-order valence-electron chi connectivity index (χ4n) is 1.15. The van der Waals surface area contributed by atoms with Gasteiger partial charge in [0.1, 0.15) is 0 Å². The van der Waals surface area contributed by atoms with Crippen molar-refractivity contribution in [3.05, 3.63) is 0 Å². The molecule has 1 aliphatic rings. The first-order valence-electron chi connectivity index (χ1n) is 3.53. The van der Waals surface area contributed by atoms with Gasteiger partial charge < -0.3 is 4.74 Å². The normalized spacial score (nSPS) is 27.5. The standard InChI is InChI=1S/C7H11NOS/c1-6(8-5-10)7-3-2-4-9-7/h6-7H,2-4H2,1H3/t6-,7-/m0/s1. The van der Waals surface area contributed by atoms with E-state index in [0.29, 0.717) is 0 Å². The fourth-order valence-corrected chi connectivity index (χ4v) is 1.32. The van der Waals surface area contributed by atoms with Gasteiger partial charge in [-0.15, -0.1) is 0 Å². The van der Waals surface area contributed by atoms with Crippen LogP contribution >= 0.6 is 12.2 Å². The second-order valence-electron chi connectivity index (χ2n) is 2.51. The molecule has 0 aliphatic carbocycles. The molecule has 2 atom stereocenters. The van der Waals surface area contributed by atoms with Gasteiger partial charge in [0, 0.05) is 6.61 Å². The molecule has 0 radical (unpaired) electrons. The first-order chi connectivity index (χ1) is 4.84. The summed E-state index contributed by atoms with van der Waals surface area (Å²) in [4.78, 5) is 3.95. The summed E-state index contributed by atoms with van der Waals surface area (Å²) in [6.07, 6.45) is 2.55. The number of hydrogen-bond acceptors (Lipinski definition) is 3. The number of aliphatic imine (C=N–C) groups is 1. The van der Waals surface area contributed by atoms with Gasteiger partial charge in [-0.25, -0.2) is 4.99 Å². The monoisotopic (exact) mass is 157 g/mol. The van der Waals surface area contributed by atoms with E-state index in [9.17, 15) is 0 Å². The molecule has 0 aromatic rings. The molecular weight excluding hydrogens is 146 g/mol. The van der Waals surface area contributed by atoms with E-state index in [1.807, 2.05) is 6.92 Å². The Balaban J connectivity index is 2.39. The number of thiocarbonyl (C=S) groups is 1. The summed E-state index contributed by atoms with van der Waals surface area (Å²) in [6.45, 7) is 2.89. The van der Waals surface area contributed by atoms with Crippen molar-refractivity contribution in [3.8, 4) is 0 Å². The van der Waals surface area contributed by atoms with Crippen LogP contribution in [0, 0.1) is 0 Å². The molecule has 0 N–H and O–H groups in total. The van der Waals surface area contributed by atoms with Crippen LogP contribution in [-0.4, -0.2) is 23.9 Å². The number of rotatable bonds is 2. The lowest BCUT2D eigenvalue weighted by Crippen LogP contribution is -2.19. The van der Waals surface area contributed by atoms with E-state index in [0.717, 1.165) is 19.4 Å². The average Bonchev–Trinajstić information content (AvgIpc) is 2.38. The average molecular weight is 157 g/mol. The molecule has 0 saturated carbocycles. The van der Waals surface area contributed by atoms with Crippen LogP contribution in [0.1, 0.15) is 19.8 Å². The molecule has 0 bridgehead atoms. The van der Waals surface area contributed by atoms with Crippen molar-refractivity contribution in [1.82, 2.24) is 0 Å². The van der Waals surface area contributed by atoms with Gasteiger partial charge in [-0.3, -0.25) is 0 Å². The molecule has 56 valence electrons. The van der Waals surface area contributed by atoms with Gasteiger partial charge in [0.25, 0.3) is 0 Å². The van der Waals surface area contributed by atoms with Crippen LogP contribution in [0.3, 0.4) is 0 Å². The molecule has 1 fully saturated rings. The highest BCUT2D eigenvalue weighted by atomic mass is 32.1. The van der Waals surface area contributed by atoms with E-state index >= 15 is 0 Å². The molecule has 0 unspecified atom stereocenters. The van der Waals surface area contributed by atoms with Gasteiger partial charge >= 0.3 is 0 Å². The van der Waals surface area contributed by atoms with Crippen LogP contribution in [0.25, 0.3) is 0 Å². The van der Waals surface area contributed by atoms with E-state index < -0.39 is 0 Å². The number of ether oxygens (including phenoxy) is 1. The molecule has 1 aliphatic heterocycles. The molecule has 2 nitrogen and oxygen atoms in total. The predicted molar refractivity (Wildman–Crippen MR) is 43.5 cm³/mol. The Labute approximate surface area is 66.3 Å². The third-order valence-electron chi connectivity index (χ3n) is 1.76. The third-order valence-corrected chi connectivity index (χ3v) is 1.86. The summed E-state index contributed by atoms with van der Waals surface area (Å²) in [5, 5.41) is 2.37. The number of nitrogens with zero attached hydrogens (tertiary/aromatic N) is 1. The van der Waals surface area contributed by atoms with Crippen LogP contribution in [0.5, 0.6) is 0 Å². The zero-order valence-electron chi connectivity index (χ0n) is 6.04. The van der Waals surface area contributed by atoms with E-state index in [2.05, 4.69) is 22.4 Å². The van der Waals surface area contributed by atoms with Crippen LogP contribution < -0.4 is 0 Å². The lowest BCUT2D eigenvalue weighted by molar-refractivity contribution is 0.0955. The third kappa shape index (κ3) is 1.87. The second-order valence-corrected chi connectivity index (χ2v) is 2.70. The molecule has 1 saturated heterocycles. The number of isothiocyanates is 1. The molecule has 0 aromatic heterocycles. The van der Waals surface area contributed by atoms with Gasteiger partial charge in [0.15, 0.2) is 0 Å². The van der Waals surface area contributed by atoms with Crippen LogP contribution in [-0.2, 0) is 4.74 Å². The zero-order valence-corrected chi connectivity index (χ0v) is 6.86. The molecule has 1 rings (SSSR count). The second kappa shape index (κ2) is 3.81. The molecule has 1 heterocycles. The SMILES string of the molecule is C[C@H](N=C=S)[C@@H]1CCCO1. The minimum atomic E-state index is 0.194. The Hall–Kier alpha value is -0.240. The van der Waals surface area contributed by atoms with Crippen molar-refractivity contribution in [2.45, 2.75) is 31.9 Å². The van der Waals surface area contributed by atoms with Crippen molar-refractivity contribution in [2.75, 3.05) is 6.61 Å². The topological polar surface area (TPSA) is 21.6 Å². The van der Waals surface area contributed by atoms with Gasteiger partial charge in [0.2, 0.25) is 0 Å². The summed E-state index contributed by atoms with van der Waals surface area (Å²) in [5.41, 5.74) is 0. The Morgan fingerprint density at radius 1 is 1.80 bits per heavy atom. The van der Waals surface area contributed by atoms with Crippen molar-refractivity contribution in [1.29, 1.82) is 0 Å². The quantitative estimate of drug-likeness (QED) is 0.449. The van der Waals surface area contributed by atoms with Crippen molar-refractivity contribution in [3.63, 3.8) is 0 Å². The van der Waals surface area contributed by atoms with Crippen LogP contribution in [0.4, 0.5) is 0 Å². The zero-order chi connectivity index (χ0) is 7.40. The molecular formula is C7H11NOS. The largest absolute Gasteiger partial charge is 0.376 e. The van der Waals surface area contributed by atoms with Gasteiger partial charge in [-0.2, -0.15) is 0 Å². The first kappa shape index (κ1) is 7.86. The molecule has 0 spiro atoms. The minimum absolute atomic E-state index is 0.194. The summed E-state index contributed by atoms with van der Waals surface area (Å²) in [6, 6.07) is 0.194. The highest BCUT2D eigenvalue weighted by Gasteiger charge is 2.21. The van der Waals surface area contributed by atoms with Crippen molar-refractivity contribution < 1.29 is 4.74 Å². The fraction of sp³-hybridized carbons (Fsp3) is 0.857.